The first-order valence-electron chi connectivity index (χ1n) is 8.81. The van der Waals surface area contributed by atoms with Gasteiger partial charge in [0, 0.05) is 6.04 Å². The van der Waals surface area contributed by atoms with Crippen molar-refractivity contribution in [1.29, 1.82) is 0 Å². The van der Waals surface area contributed by atoms with Gasteiger partial charge in [0.05, 0.1) is 17.2 Å². The average Bonchev–Trinajstić information content (AvgIpc) is 2.55. The molecule has 136 valence electrons. The minimum absolute atomic E-state index is 0.0360. The van der Waals surface area contributed by atoms with Gasteiger partial charge in [0.1, 0.15) is 5.60 Å². The number of carbonyl (C=O) groups excluding carboxylic acids is 1. The molecule has 2 rings (SSSR count). The van der Waals surface area contributed by atoms with Gasteiger partial charge < -0.3 is 14.0 Å². The average molecular weight is 337 g/mol. The van der Waals surface area contributed by atoms with E-state index in [1.807, 2.05) is 34.6 Å². The van der Waals surface area contributed by atoms with E-state index in [1.54, 1.807) is 4.90 Å². The Morgan fingerprint density at radius 2 is 1.71 bits per heavy atom. The highest BCUT2D eigenvalue weighted by atomic mass is 16.7. The molecule has 0 aliphatic carbocycles. The third-order valence-electron chi connectivity index (χ3n) is 5.06. The quantitative estimate of drug-likeness (QED) is 0.680. The number of rotatable bonds is 1. The van der Waals surface area contributed by atoms with Gasteiger partial charge >= 0.3 is 13.2 Å². The van der Waals surface area contributed by atoms with Crippen molar-refractivity contribution in [1.82, 2.24) is 4.90 Å². The van der Waals surface area contributed by atoms with Crippen molar-refractivity contribution >= 4 is 13.2 Å². The fourth-order valence-electron chi connectivity index (χ4n) is 3.13. The lowest BCUT2D eigenvalue weighted by Crippen LogP contribution is -2.50. The third kappa shape index (κ3) is 3.80. The second kappa shape index (κ2) is 6.06. The van der Waals surface area contributed by atoms with Crippen molar-refractivity contribution in [2.24, 2.45) is 0 Å². The summed E-state index contributed by atoms with van der Waals surface area (Å²) in [6.45, 7) is 17.9. The molecule has 0 spiro atoms. The van der Waals surface area contributed by atoms with Crippen molar-refractivity contribution in [2.75, 3.05) is 0 Å². The Balaban J connectivity index is 2.15. The molecule has 24 heavy (non-hydrogen) atoms. The van der Waals surface area contributed by atoms with E-state index in [1.165, 1.54) is 0 Å². The van der Waals surface area contributed by atoms with Gasteiger partial charge in [-0.15, -0.1) is 0 Å². The highest BCUT2D eigenvalue weighted by Crippen LogP contribution is 2.40. The van der Waals surface area contributed by atoms with Crippen LogP contribution in [0.4, 0.5) is 4.79 Å². The first-order valence-corrected chi connectivity index (χ1v) is 8.81. The summed E-state index contributed by atoms with van der Waals surface area (Å²) in [4.78, 5) is 14.3. The summed E-state index contributed by atoms with van der Waals surface area (Å²) < 4.78 is 17.8. The van der Waals surface area contributed by atoms with E-state index in [0.717, 1.165) is 11.9 Å². The van der Waals surface area contributed by atoms with E-state index >= 15 is 0 Å². The van der Waals surface area contributed by atoms with Crippen molar-refractivity contribution < 1.29 is 18.8 Å². The SMILES string of the molecule is CC1C=C(B2OC(C)(C)C(C)(C)O2)CC(C)N1C(=O)OC(C)(C)C. The molecule has 1 fully saturated rings. The predicted molar refractivity (Wildman–Crippen MR) is 95.8 cm³/mol. The van der Waals surface area contributed by atoms with Gasteiger partial charge in [-0.25, -0.2) is 4.79 Å². The third-order valence-corrected chi connectivity index (χ3v) is 5.06. The second-order valence-electron chi connectivity index (χ2n) is 9.01. The summed E-state index contributed by atoms with van der Waals surface area (Å²) in [5.74, 6) is 0. The van der Waals surface area contributed by atoms with Crippen LogP contribution in [-0.2, 0) is 14.0 Å². The maximum absolute atomic E-state index is 12.5. The Morgan fingerprint density at radius 1 is 1.21 bits per heavy atom. The van der Waals surface area contributed by atoms with Crippen LogP contribution < -0.4 is 0 Å². The van der Waals surface area contributed by atoms with E-state index in [0.29, 0.717) is 0 Å². The lowest BCUT2D eigenvalue weighted by atomic mass is 9.72. The Morgan fingerprint density at radius 3 is 2.12 bits per heavy atom. The van der Waals surface area contributed by atoms with Crippen LogP contribution >= 0.6 is 0 Å². The molecule has 1 saturated heterocycles. The Hall–Kier alpha value is -1.01. The molecule has 6 heteroatoms. The van der Waals surface area contributed by atoms with Crippen molar-refractivity contribution in [3.05, 3.63) is 11.5 Å². The predicted octanol–water partition coefficient (Wildman–Crippen LogP) is 3.96. The summed E-state index contributed by atoms with van der Waals surface area (Å²) in [5, 5.41) is 0. The van der Waals surface area contributed by atoms with Crippen LogP contribution in [0.1, 0.15) is 68.7 Å². The second-order valence-corrected chi connectivity index (χ2v) is 9.01. The first kappa shape index (κ1) is 19.3. The van der Waals surface area contributed by atoms with E-state index in [2.05, 4.69) is 33.8 Å². The van der Waals surface area contributed by atoms with E-state index in [-0.39, 0.29) is 36.5 Å². The topological polar surface area (TPSA) is 48.0 Å². The molecule has 1 amide bonds. The van der Waals surface area contributed by atoms with Crippen LogP contribution in [-0.4, -0.2) is 47.0 Å². The summed E-state index contributed by atoms with van der Waals surface area (Å²) in [7, 11) is -0.347. The lowest BCUT2D eigenvalue weighted by Gasteiger charge is -2.39. The molecule has 2 aliphatic heterocycles. The molecule has 2 heterocycles. The molecule has 0 N–H and O–H groups in total. The van der Waals surface area contributed by atoms with Gasteiger partial charge in [0.15, 0.2) is 0 Å². The summed E-state index contributed by atoms with van der Waals surface area (Å²) in [6.07, 6.45) is 2.53. The van der Waals surface area contributed by atoms with Crippen LogP contribution in [0, 0.1) is 0 Å². The molecule has 0 saturated carbocycles. The van der Waals surface area contributed by atoms with E-state index in [9.17, 15) is 4.79 Å². The van der Waals surface area contributed by atoms with Crippen LogP contribution in [0.2, 0.25) is 0 Å². The van der Waals surface area contributed by atoms with E-state index < -0.39 is 5.60 Å². The molecular formula is C18H32BNO4. The van der Waals surface area contributed by atoms with Gasteiger partial charge in [0.25, 0.3) is 0 Å². The number of hydrogen-bond acceptors (Lipinski definition) is 4. The lowest BCUT2D eigenvalue weighted by molar-refractivity contribution is 0.00578. The molecule has 2 atom stereocenters. The first-order chi connectivity index (χ1) is 10.7. The molecule has 2 aliphatic rings. The largest absolute Gasteiger partial charge is 0.490 e. The van der Waals surface area contributed by atoms with Gasteiger partial charge in [-0.3, -0.25) is 4.90 Å². The maximum atomic E-state index is 12.5. The fraction of sp³-hybridized carbons (Fsp3) is 0.833. The zero-order chi connectivity index (χ0) is 18.5. The molecule has 0 aromatic rings. The Bertz CT molecular complexity index is 520. The number of amides is 1. The van der Waals surface area contributed by atoms with Gasteiger partial charge in [-0.05, 0) is 74.2 Å². The van der Waals surface area contributed by atoms with Gasteiger partial charge in [-0.2, -0.15) is 0 Å². The number of carbonyl (C=O) groups is 1. The molecular weight excluding hydrogens is 305 g/mol. The van der Waals surface area contributed by atoms with E-state index in [4.69, 9.17) is 14.0 Å². The van der Waals surface area contributed by atoms with Gasteiger partial charge in [0.2, 0.25) is 0 Å². The van der Waals surface area contributed by atoms with Crippen LogP contribution in [0.5, 0.6) is 0 Å². The summed E-state index contributed by atoms with van der Waals surface area (Å²) >= 11 is 0. The fourth-order valence-corrected chi connectivity index (χ4v) is 3.13. The van der Waals surface area contributed by atoms with Crippen LogP contribution in [0.3, 0.4) is 0 Å². The molecule has 2 unspecified atom stereocenters. The number of nitrogens with zero attached hydrogens (tertiary/aromatic N) is 1. The number of hydrogen-bond donors (Lipinski definition) is 0. The monoisotopic (exact) mass is 337 g/mol. The highest BCUT2D eigenvalue weighted by molar-refractivity contribution is 6.54. The summed E-state index contributed by atoms with van der Waals surface area (Å²) in [6, 6.07) is -0.0218. The maximum Gasteiger partial charge on any atom is 0.490 e. The van der Waals surface area contributed by atoms with Crippen LogP contribution in [0.15, 0.2) is 11.5 Å². The Labute approximate surface area is 146 Å². The minimum atomic E-state index is -0.494. The van der Waals surface area contributed by atoms with Gasteiger partial charge in [-0.1, -0.05) is 6.08 Å². The molecule has 0 aromatic heterocycles. The number of ether oxygens (including phenoxy) is 1. The van der Waals surface area contributed by atoms with Crippen LogP contribution in [0.25, 0.3) is 0 Å². The normalized spacial score (nSPS) is 29.5. The zero-order valence-corrected chi connectivity index (χ0v) is 16.6. The molecule has 0 aromatic carbocycles. The smallest absolute Gasteiger partial charge is 0.444 e. The van der Waals surface area contributed by atoms with Crippen molar-refractivity contribution in [3.63, 3.8) is 0 Å². The van der Waals surface area contributed by atoms with Crippen molar-refractivity contribution in [2.45, 2.75) is 97.6 Å². The zero-order valence-electron chi connectivity index (χ0n) is 16.6. The minimum Gasteiger partial charge on any atom is -0.444 e. The molecule has 0 radical (unpaired) electrons. The Kier molecular flexibility index (Phi) is 4.88. The standard InChI is InChI=1S/C18H32BNO4/c1-12-10-14(19-23-17(6,7)18(8,9)24-19)11-13(2)20(12)15(21)22-16(3,4)5/h10,12-13H,11H2,1-9H3. The molecule has 0 bridgehead atoms. The van der Waals surface area contributed by atoms with Crippen molar-refractivity contribution in [3.8, 4) is 0 Å². The molecule has 5 nitrogen and oxygen atoms in total. The summed E-state index contributed by atoms with van der Waals surface area (Å²) in [5.41, 5.74) is -0.0965. The highest BCUT2D eigenvalue weighted by Gasteiger charge is 2.53.